The largest absolute Gasteiger partial charge is 0.484 e. The smallest absolute Gasteiger partial charge is 0.269 e. The lowest BCUT2D eigenvalue weighted by molar-refractivity contribution is -0.384. The Morgan fingerprint density at radius 1 is 1.45 bits per heavy atom. The highest BCUT2D eigenvalue weighted by Gasteiger charge is 2.31. The fourth-order valence-electron chi connectivity index (χ4n) is 1.93. The van der Waals surface area contributed by atoms with Crippen molar-refractivity contribution in [3.05, 3.63) is 34.4 Å². The van der Waals surface area contributed by atoms with Gasteiger partial charge in [-0.25, -0.2) is 0 Å². The third-order valence-electron chi connectivity index (χ3n) is 3.21. The van der Waals surface area contributed by atoms with Crippen molar-refractivity contribution in [2.45, 2.75) is 18.9 Å². The topological polar surface area (TPSA) is 107 Å². The highest BCUT2D eigenvalue weighted by Crippen LogP contribution is 2.32. The van der Waals surface area contributed by atoms with Crippen molar-refractivity contribution in [3.63, 3.8) is 0 Å². The molecular formula is C13H17N3O4. The second-order valence-corrected chi connectivity index (χ2v) is 4.79. The predicted octanol–water partition coefficient (Wildman–Crippen LogP) is 0.827. The van der Waals surface area contributed by atoms with Crippen LogP contribution in [0.4, 0.5) is 5.69 Å². The molecule has 0 heterocycles. The van der Waals surface area contributed by atoms with Crippen molar-refractivity contribution in [2.75, 3.05) is 13.2 Å². The van der Waals surface area contributed by atoms with Crippen LogP contribution in [0.15, 0.2) is 24.3 Å². The second-order valence-electron chi connectivity index (χ2n) is 4.79. The van der Waals surface area contributed by atoms with Crippen molar-refractivity contribution >= 4 is 11.6 Å². The standard InChI is InChI=1S/C13H17N3O4/c14-7-12(9-1-2-9)15-13(17)8-20-11-5-3-10(4-6-11)16(18)19/h3-6,9,12H,1-2,7-8,14H2,(H,15,17). The van der Waals surface area contributed by atoms with E-state index in [0.29, 0.717) is 18.2 Å². The van der Waals surface area contributed by atoms with E-state index in [-0.39, 0.29) is 24.2 Å². The molecule has 1 unspecified atom stereocenters. The van der Waals surface area contributed by atoms with Gasteiger partial charge in [-0.3, -0.25) is 14.9 Å². The fraction of sp³-hybridized carbons (Fsp3) is 0.462. The van der Waals surface area contributed by atoms with Crippen LogP contribution in [0.25, 0.3) is 0 Å². The first-order valence-electron chi connectivity index (χ1n) is 6.47. The van der Waals surface area contributed by atoms with Crippen molar-refractivity contribution in [3.8, 4) is 5.75 Å². The van der Waals surface area contributed by atoms with Crippen LogP contribution < -0.4 is 15.8 Å². The Kier molecular flexibility index (Phi) is 4.52. The zero-order chi connectivity index (χ0) is 14.5. The molecule has 2 rings (SSSR count). The summed E-state index contributed by atoms with van der Waals surface area (Å²) < 4.78 is 5.27. The number of nitrogens with zero attached hydrogens (tertiary/aromatic N) is 1. The second kappa shape index (κ2) is 6.33. The van der Waals surface area contributed by atoms with E-state index in [2.05, 4.69) is 5.32 Å². The average molecular weight is 279 g/mol. The number of ether oxygens (including phenoxy) is 1. The van der Waals surface area contributed by atoms with Gasteiger partial charge in [-0.05, 0) is 30.9 Å². The Hall–Kier alpha value is -2.15. The molecule has 0 bridgehead atoms. The van der Waals surface area contributed by atoms with Gasteiger partial charge in [0.2, 0.25) is 0 Å². The summed E-state index contributed by atoms with van der Waals surface area (Å²) in [5.41, 5.74) is 5.58. The molecule has 1 saturated carbocycles. The van der Waals surface area contributed by atoms with Crippen molar-refractivity contribution in [2.24, 2.45) is 11.7 Å². The minimum Gasteiger partial charge on any atom is -0.484 e. The van der Waals surface area contributed by atoms with Gasteiger partial charge >= 0.3 is 0 Å². The molecule has 1 atom stereocenters. The van der Waals surface area contributed by atoms with Gasteiger partial charge in [0.25, 0.3) is 11.6 Å². The van der Waals surface area contributed by atoms with Crippen LogP contribution in [0.2, 0.25) is 0 Å². The molecule has 0 radical (unpaired) electrons. The van der Waals surface area contributed by atoms with Gasteiger partial charge in [-0.1, -0.05) is 0 Å². The number of nitro groups is 1. The van der Waals surface area contributed by atoms with Crippen LogP contribution in [0.5, 0.6) is 5.75 Å². The van der Waals surface area contributed by atoms with Crippen molar-refractivity contribution < 1.29 is 14.5 Å². The van der Waals surface area contributed by atoms with Crippen LogP contribution >= 0.6 is 0 Å². The first-order valence-corrected chi connectivity index (χ1v) is 6.47. The van der Waals surface area contributed by atoms with Gasteiger partial charge < -0.3 is 15.8 Å². The predicted molar refractivity (Wildman–Crippen MR) is 72.3 cm³/mol. The molecule has 1 aromatic carbocycles. The van der Waals surface area contributed by atoms with E-state index in [0.717, 1.165) is 12.8 Å². The SMILES string of the molecule is NCC(NC(=O)COc1ccc([N+](=O)[O-])cc1)C1CC1. The number of benzene rings is 1. The molecule has 1 fully saturated rings. The van der Waals surface area contributed by atoms with Crippen LogP contribution in [-0.4, -0.2) is 30.0 Å². The van der Waals surface area contributed by atoms with Crippen LogP contribution in [0, 0.1) is 16.0 Å². The van der Waals surface area contributed by atoms with Gasteiger partial charge in [0.15, 0.2) is 6.61 Å². The maximum atomic E-state index is 11.7. The van der Waals surface area contributed by atoms with Crippen molar-refractivity contribution in [1.82, 2.24) is 5.32 Å². The first kappa shape index (κ1) is 14.3. The number of amides is 1. The summed E-state index contributed by atoms with van der Waals surface area (Å²) in [6.07, 6.45) is 2.21. The molecule has 1 aromatic rings. The van der Waals surface area contributed by atoms with Crippen LogP contribution in [-0.2, 0) is 4.79 Å². The first-order chi connectivity index (χ1) is 9.60. The van der Waals surface area contributed by atoms with E-state index in [1.807, 2.05) is 0 Å². The third-order valence-corrected chi connectivity index (χ3v) is 3.21. The molecule has 1 aliphatic rings. The maximum Gasteiger partial charge on any atom is 0.269 e. The van der Waals surface area contributed by atoms with E-state index in [1.165, 1.54) is 24.3 Å². The van der Waals surface area contributed by atoms with Crippen LogP contribution in [0.3, 0.4) is 0 Å². The molecule has 0 aliphatic heterocycles. The highest BCUT2D eigenvalue weighted by molar-refractivity contribution is 5.78. The lowest BCUT2D eigenvalue weighted by atomic mass is 10.2. The van der Waals surface area contributed by atoms with Gasteiger partial charge in [-0.15, -0.1) is 0 Å². The monoisotopic (exact) mass is 279 g/mol. The minimum atomic E-state index is -0.488. The quantitative estimate of drug-likeness (QED) is 0.567. The molecule has 1 aliphatic carbocycles. The molecule has 3 N–H and O–H groups in total. The summed E-state index contributed by atoms with van der Waals surface area (Å²) >= 11 is 0. The summed E-state index contributed by atoms with van der Waals surface area (Å²) in [5.74, 6) is 0.676. The van der Waals surface area contributed by atoms with E-state index < -0.39 is 4.92 Å². The number of carbonyl (C=O) groups excluding carboxylic acids is 1. The van der Waals surface area contributed by atoms with E-state index in [1.54, 1.807) is 0 Å². The molecule has 108 valence electrons. The zero-order valence-electron chi connectivity index (χ0n) is 11.0. The number of hydrogen-bond acceptors (Lipinski definition) is 5. The summed E-state index contributed by atoms with van der Waals surface area (Å²) in [6.45, 7) is 0.301. The third kappa shape index (κ3) is 3.92. The lowest BCUT2D eigenvalue weighted by Crippen LogP contribution is -2.43. The summed E-state index contributed by atoms with van der Waals surface area (Å²) in [4.78, 5) is 21.7. The molecule has 7 nitrogen and oxygen atoms in total. The molecule has 7 heteroatoms. The van der Waals surface area contributed by atoms with Crippen molar-refractivity contribution in [1.29, 1.82) is 0 Å². The summed E-state index contributed by atoms with van der Waals surface area (Å²) in [5, 5.41) is 13.3. The van der Waals surface area contributed by atoms with E-state index in [4.69, 9.17) is 10.5 Å². The molecule has 1 amide bonds. The Bertz CT molecular complexity index is 485. The zero-order valence-corrected chi connectivity index (χ0v) is 11.0. The van der Waals surface area contributed by atoms with Gasteiger partial charge in [0.1, 0.15) is 5.75 Å². The Balaban J connectivity index is 1.79. The number of non-ortho nitro benzene ring substituents is 1. The van der Waals surface area contributed by atoms with Gasteiger partial charge in [0, 0.05) is 24.7 Å². The summed E-state index contributed by atoms with van der Waals surface area (Å²) in [7, 11) is 0. The molecule has 20 heavy (non-hydrogen) atoms. The molecule has 0 saturated heterocycles. The van der Waals surface area contributed by atoms with Gasteiger partial charge in [0.05, 0.1) is 4.92 Å². The Morgan fingerprint density at radius 3 is 2.60 bits per heavy atom. The lowest BCUT2D eigenvalue weighted by Gasteiger charge is -2.16. The molecular weight excluding hydrogens is 262 g/mol. The molecule has 0 aromatic heterocycles. The number of carbonyl (C=O) groups is 1. The number of nitrogens with one attached hydrogen (secondary N) is 1. The Morgan fingerprint density at radius 2 is 2.10 bits per heavy atom. The van der Waals surface area contributed by atoms with E-state index in [9.17, 15) is 14.9 Å². The number of nitro benzene ring substituents is 1. The van der Waals surface area contributed by atoms with Gasteiger partial charge in [-0.2, -0.15) is 0 Å². The summed E-state index contributed by atoms with van der Waals surface area (Å²) in [6, 6.07) is 5.61. The Labute approximate surface area is 116 Å². The average Bonchev–Trinajstić information content (AvgIpc) is 3.27. The number of hydrogen-bond donors (Lipinski definition) is 2. The number of rotatable bonds is 7. The van der Waals surface area contributed by atoms with Crippen LogP contribution in [0.1, 0.15) is 12.8 Å². The normalized spacial score (nSPS) is 15.4. The molecule has 0 spiro atoms. The number of nitrogens with two attached hydrogens (primary N) is 1. The van der Waals surface area contributed by atoms with E-state index >= 15 is 0 Å². The minimum absolute atomic E-state index is 0.0151. The fourth-order valence-corrected chi connectivity index (χ4v) is 1.93. The maximum absolute atomic E-state index is 11.7. The highest BCUT2D eigenvalue weighted by atomic mass is 16.6.